The van der Waals surface area contributed by atoms with Gasteiger partial charge in [-0.2, -0.15) is 5.10 Å². The van der Waals surface area contributed by atoms with E-state index in [0.717, 1.165) is 31.1 Å². The first-order valence-electron chi connectivity index (χ1n) is 8.19. The van der Waals surface area contributed by atoms with Crippen molar-refractivity contribution in [2.24, 2.45) is 5.92 Å². The van der Waals surface area contributed by atoms with Crippen molar-refractivity contribution in [3.05, 3.63) is 16.9 Å². The molecule has 0 aliphatic heterocycles. The zero-order valence-corrected chi connectivity index (χ0v) is 13.6. The zero-order chi connectivity index (χ0) is 14.4. The van der Waals surface area contributed by atoms with Gasteiger partial charge < -0.3 is 5.32 Å². The topological polar surface area (TPSA) is 29.9 Å². The molecule has 1 aromatic rings. The Kier molecular flexibility index (Phi) is 6.37. The number of aryl methyl sites for hydroxylation is 1. The van der Waals surface area contributed by atoms with Crippen molar-refractivity contribution < 1.29 is 0 Å². The predicted molar refractivity (Wildman–Crippen MR) is 85.4 cm³/mol. The van der Waals surface area contributed by atoms with Gasteiger partial charge in [0.15, 0.2) is 0 Å². The average Bonchev–Trinajstić information content (AvgIpc) is 2.67. The van der Waals surface area contributed by atoms with Gasteiger partial charge in [-0.25, -0.2) is 0 Å². The van der Waals surface area contributed by atoms with Crippen molar-refractivity contribution >= 4 is 11.6 Å². The lowest BCUT2D eigenvalue weighted by atomic mass is 9.85. The molecule has 0 radical (unpaired) electrons. The van der Waals surface area contributed by atoms with Gasteiger partial charge in [-0.1, -0.05) is 44.7 Å². The average molecular weight is 298 g/mol. The minimum atomic E-state index is 0.568. The molecule has 1 saturated carbocycles. The molecule has 20 heavy (non-hydrogen) atoms. The first-order valence-corrected chi connectivity index (χ1v) is 8.57. The van der Waals surface area contributed by atoms with Crippen molar-refractivity contribution in [1.82, 2.24) is 15.1 Å². The molecule has 0 bridgehead atoms. The minimum absolute atomic E-state index is 0.568. The van der Waals surface area contributed by atoms with E-state index in [0.29, 0.717) is 11.8 Å². The van der Waals surface area contributed by atoms with Gasteiger partial charge >= 0.3 is 0 Å². The van der Waals surface area contributed by atoms with Crippen LogP contribution in [0.25, 0.3) is 0 Å². The van der Waals surface area contributed by atoms with Gasteiger partial charge in [0.05, 0.1) is 16.9 Å². The molecule has 1 heterocycles. The fourth-order valence-corrected chi connectivity index (χ4v) is 3.73. The third kappa shape index (κ3) is 3.76. The van der Waals surface area contributed by atoms with E-state index in [4.69, 9.17) is 11.6 Å². The normalized spacial score (nSPS) is 23.8. The maximum absolute atomic E-state index is 6.46. The van der Waals surface area contributed by atoms with Crippen LogP contribution < -0.4 is 5.32 Å². The Morgan fingerprint density at radius 3 is 2.85 bits per heavy atom. The van der Waals surface area contributed by atoms with Crippen LogP contribution in [-0.2, 0) is 6.54 Å². The van der Waals surface area contributed by atoms with Gasteiger partial charge in [0.1, 0.15) is 0 Å². The maximum Gasteiger partial charge on any atom is 0.0820 e. The molecule has 4 heteroatoms. The molecule has 1 aliphatic carbocycles. The Morgan fingerprint density at radius 2 is 2.10 bits per heavy atom. The molecule has 0 aromatic carbocycles. The maximum atomic E-state index is 6.46. The monoisotopic (exact) mass is 297 g/mol. The van der Waals surface area contributed by atoms with Crippen molar-refractivity contribution in [2.75, 3.05) is 13.1 Å². The van der Waals surface area contributed by atoms with Crippen LogP contribution in [0.5, 0.6) is 0 Å². The van der Waals surface area contributed by atoms with Gasteiger partial charge in [-0.05, 0) is 38.3 Å². The van der Waals surface area contributed by atoms with E-state index in [2.05, 4.69) is 28.9 Å². The van der Waals surface area contributed by atoms with Gasteiger partial charge in [0.2, 0.25) is 0 Å². The standard InChI is InChI=1S/C16H28ClN3/c1-3-10-20-16(15(17)12-19-20)14-9-7-5-6-8-13(14)11-18-4-2/h12-14,18H,3-11H2,1-2H3. The highest BCUT2D eigenvalue weighted by atomic mass is 35.5. The second-order valence-electron chi connectivity index (χ2n) is 5.91. The van der Waals surface area contributed by atoms with Crippen molar-refractivity contribution in [3.8, 4) is 0 Å². The summed E-state index contributed by atoms with van der Waals surface area (Å²) >= 11 is 6.46. The summed E-state index contributed by atoms with van der Waals surface area (Å²) in [5.41, 5.74) is 1.29. The Bertz CT molecular complexity index is 402. The summed E-state index contributed by atoms with van der Waals surface area (Å²) in [5, 5.41) is 8.89. The molecule has 0 spiro atoms. The summed E-state index contributed by atoms with van der Waals surface area (Å²) in [6.45, 7) is 7.51. The van der Waals surface area contributed by atoms with E-state index in [1.165, 1.54) is 37.8 Å². The SMILES string of the molecule is CCCn1ncc(Cl)c1C1CCCCCC1CNCC. The summed E-state index contributed by atoms with van der Waals surface area (Å²) in [4.78, 5) is 0. The molecule has 0 saturated heterocycles. The number of aromatic nitrogens is 2. The lowest BCUT2D eigenvalue weighted by Crippen LogP contribution is -2.28. The number of nitrogens with one attached hydrogen (secondary N) is 1. The van der Waals surface area contributed by atoms with Gasteiger partial charge in [-0.15, -0.1) is 0 Å². The fraction of sp³-hybridized carbons (Fsp3) is 0.812. The van der Waals surface area contributed by atoms with Crippen LogP contribution in [0.2, 0.25) is 5.02 Å². The van der Waals surface area contributed by atoms with E-state index in [9.17, 15) is 0 Å². The highest BCUT2D eigenvalue weighted by Gasteiger charge is 2.29. The first kappa shape index (κ1) is 15.8. The quantitative estimate of drug-likeness (QED) is 0.797. The molecule has 114 valence electrons. The number of rotatable bonds is 6. The molecule has 3 nitrogen and oxygen atoms in total. The summed E-state index contributed by atoms with van der Waals surface area (Å²) in [6.07, 6.45) is 9.54. The van der Waals surface area contributed by atoms with Crippen LogP contribution in [0.4, 0.5) is 0 Å². The summed E-state index contributed by atoms with van der Waals surface area (Å²) < 4.78 is 2.15. The molecule has 2 rings (SSSR count). The van der Waals surface area contributed by atoms with E-state index in [-0.39, 0.29) is 0 Å². The molecule has 2 unspecified atom stereocenters. The van der Waals surface area contributed by atoms with Crippen LogP contribution in [0, 0.1) is 5.92 Å². The van der Waals surface area contributed by atoms with E-state index in [1.54, 1.807) is 0 Å². The molecule has 1 N–H and O–H groups in total. The largest absolute Gasteiger partial charge is 0.317 e. The second kappa shape index (κ2) is 8.04. The van der Waals surface area contributed by atoms with Crippen molar-refractivity contribution in [1.29, 1.82) is 0 Å². The fourth-order valence-electron chi connectivity index (χ4n) is 3.45. The predicted octanol–water partition coefficient (Wildman–Crippen LogP) is 4.22. The first-order chi connectivity index (χ1) is 9.77. The number of nitrogens with zero attached hydrogens (tertiary/aromatic N) is 2. The molecular weight excluding hydrogens is 270 g/mol. The molecule has 1 aliphatic rings. The van der Waals surface area contributed by atoms with Gasteiger partial charge in [0.25, 0.3) is 0 Å². The summed E-state index contributed by atoms with van der Waals surface area (Å²) in [6, 6.07) is 0. The molecule has 0 amide bonds. The molecule has 2 atom stereocenters. The Hall–Kier alpha value is -0.540. The highest BCUT2D eigenvalue weighted by molar-refractivity contribution is 6.31. The Balaban J connectivity index is 2.22. The Labute approximate surface area is 128 Å². The third-order valence-corrected chi connectivity index (χ3v) is 4.73. The smallest absolute Gasteiger partial charge is 0.0820 e. The van der Waals surface area contributed by atoms with Crippen LogP contribution in [0.3, 0.4) is 0 Å². The third-order valence-electron chi connectivity index (χ3n) is 4.44. The van der Waals surface area contributed by atoms with Gasteiger partial charge in [0, 0.05) is 12.5 Å². The lowest BCUT2D eigenvalue weighted by molar-refractivity contribution is 0.358. The number of hydrogen-bond acceptors (Lipinski definition) is 2. The van der Waals surface area contributed by atoms with Crippen LogP contribution >= 0.6 is 11.6 Å². The lowest BCUT2D eigenvalue weighted by Gasteiger charge is -2.26. The van der Waals surface area contributed by atoms with E-state index < -0.39 is 0 Å². The van der Waals surface area contributed by atoms with Crippen LogP contribution in [0.15, 0.2) is 6.20 Å². The molecule has 1 aromatic heterocycles. The van der Waals surface area contributed by atoms with Crippen molar-refractivity contribution in [3.63, 3.8) is 0 Å². The summed E-state index contributed by atoms with van der Waals surface area (Å²) in [7, 11) is 0. The second-order valence-corrected chi connectivity index (χ2v) is 6.32. The van der Waals surface area contributed by atoms with E-state index in [1.807, 2.05) is 6.20 Å². The number of halogens is 1. The van der Waals surface area contributed by atoms with Crippen LogP contribution in [-0.4, -0.2) is 22.9 Å². The molecule has 1 fully saturated rings. The summed E-state index contributed by atoms with van der Waals surface area (Å²) in [5.74, 6) is 1.26. The number of hydrogen-bond donors (Lipinski definition) is 1. The minimum Gasteiger partial charge on any atom is -0.317 e. The highest BCUT2D eigenvalue weighted by Crippen LogP contribution is 2.39. The Morgan fingerprint density at radius 1 is 1.30 bits per heavy atom. The van der Waals surface area contributed by atoms with Crippen LogP contribution in [0.1, 0.15) is 64.0 Å². The zero-order valence-electron chi connectivity index (χ0n) is 12.9. The van der Waals surface area contributed by atoms with Crippen molar-refractivity contribution in [2.45, 2.75) is 64.8 Å². The van der Waals surface area contributed by atoms with Gasteiger partial charge in [-0.3, -0.25) is 4.68 Å². The molecular formula is C16H28ClN3. The van der Waals surface area contributed by atoms with E-state index >= 15 is 0 Å².